The molecule has 4 rings (SSSR count). The average Bonchev–Trinajstić information content (AvgIpc) is 3.18. The topological polar surface area (TPSA) is 118 Å². The largest absolute Gasteiger partial charge is 0.490 e. The summed E-state index contributed by atoms with van der Waals surface area (Å²) in [7, 11) is 3.01. The summed E-state index contributed by atoms with van der Waals surface area (Å²) in [4.78, 5) is 29.8. The predicted molar refractivity (Wildman–Crippen MR) is 137 cm³/mol. The Morgan fingerprint density at radius 3 is 2.59 bits per heavy atom. The van der Waals surface area contributed by atoms with Crippen molar-refractivity contribution in [2.45, 2.75) is 59.5 Å². The SMILES string of the molecule is COC(=O)Cc1c(C)nc2c(cc(C(=O)NN)n2C)c1-c1c(C)c2c(c(F)c1OC(C)(C)C)OCCC2. The number of aryl methyl sites for hydroxylation is 2. The lowest BCUT2D eigenvalue weighted by Crippen LogP contribution is -2.31. The third-order valence-electron chi connectivity index (χ3n) is 6.60. The first-order chi connectivity index (χ1) is 17.4. The number of hydrazine groups is 1. The molecule has 2 aromatic heterocycles. The first-order valence-corrected chi connectivity index (χ1v) is 12.1. The lowest BCUT2D eigenvalue weighted by atomic mass is 9.86. The maximum atomic E-state index is 16.2. The number of carbonyl (C=O) groups is 2. The Hall–Kier alpha value is -3.66. The number of esters is 1. The molecule has 3 aromatic rings. The number of carbonyl (C=O) groups excluding carboxylic acids is 2. The minimum absolute atomic E-state index is 0.0253. The number of aromatic nitrogens is 2. The molecule has 0 atom stereocenters. The predicted octanol–water partition coefficient (Wildman–Crippen LogP) is 3.82. The van der Waals surface area contributed by atoms with Crippen LogP contribution < -0.4 is 20.7 Å². The number of halogens is 1. The van der Waals surface area contributed by atoms with E-state index in [0.29, 0.717) is 46.4 Å². The monoisotopic (exact) mass is 512 g/mol. The van der Waals surface area contributed by atoms with Gasteiger partial charge in [0.1, 0.15) is 16.9 Å². The molecule has 0 saturated heterocycles. The Morgan fingerprint density at radius 1 is 1.27 bits per heavy atom. The van der Waals surface area contributed by atoms with Crippen LogP contribution in [0.1, 0.15) is 60.1 Å². The van der Waals surface area contributed by atoms with Crippen molar-refractivity contribution >= 4 is 22.9 Å². The van der Waals surface area contributed by atoms with Gasteiger partial charge in [0.05, 0.1) is 20.1 Å². The van der Waals surface area contributed by atoms with E-state index in [0.717, 1.165) is 17.5 Å². The van der Waals surface area contributed by atoms with Gasteiger partial charge in [-0.15, -0.1) is 0 Å². The van der Waals surface area contributed by atoms with Gasteiger partial charge in [0.25, 0.3) is 5.91 Å². The Kier molecular flexibility index (Phi) is 6.89. The number of benzene rings is 1. The molecule has 3 heterocycles. The second-order valence-corrected chi connectivity index (χ2v) is 10.2. The summed E-state index contributed by atoms with van der Waals surface area (Å²) in [6, 6.07) is 1.65. The summed E-state index contributed by atoms with van der Waals surface area (Å²) in [5, 5.41) is 0.559. The van der Waals surface area contributed by atoms with Gasteiger partial charge in [-0.3, -0.25) is 15.0 Å². The van der Waals surface area contributed by atoms with Crippen LogP contribution in [0.15, 0.2) is 6.07 Å². The van der Waals surface area contributed by atoms with E-state index >= 15 is 4.39 Å². The number of ether oxygens (including phenoxy) is 3. The van der Waals surface area contributed by atoms with Gasteiger partial charge in [-0.2, -0.15) is 4.39 Å². The molecule has 0 radical (unpaired) electrons. The minimum Gasteiger partial charge on any atom is -0.490 e. The molecule has 0 aliphatic carbocycles. The molecule has 198 valence electrons. The molecule has 1 aliphatic heterocycles. The fourth-order valence-electron chi connectivity index (χ4n) is 4.91. The van der Waals surface area contributed by atoms with Crippen molar-refractivity contribution in [3.05, 3.63) is 40.0 Å². The highest BCUT2D eigenvalue weighted by molar-refractivity contribution is 6.05. The van der Waals surface area contributed by atoms with Crippen LogP contribution in [0.4, 0.5) is 4.39 Å². The van der Waals surface area contributed by atoms with E-state index < -0.39 is 23.3 Å². The van der Waals surface area contributed by atoms with E-state index in [-0.39, 0.29) is 23.6 Å². The zero-order chi connectivity index (χ0) is 27.2. The molecule has 0 unspecified atom stereocenters. The Bertz CT molecular complexity index is 1420. The maximum Gasteiger partial charge on any atom is 0.310 e. The Balaban J connectivity index is 2.21. The van der Waals surface area contributed by atoms with Crippen molar-refractivity contribution in [2.75, 3.05) is 13.7 Å². The van der Waals surface area contributed by atoms with Crippen LogP contribution in [-0.4, -0.2) is 40.7 Å². The zero-order valence-electron chi connectivity index (χ0n) is 22.3. The molecule has 3 N–H and O–H groups in total. The molecule has 1 aromatic carbocycles. The van der Waals surface area contributed by atoms with Crippen LogP contribution in [0, 0.1) is 19.7 Å². The molecule has 1 aliphatic rings. The van der Waals surface area contributed by atoms with Crippen LogP contribution in [-0.2, 0) is 29.4 Å². The zero-order valence-corrected chi connectivity index (χ0v) is 22.3. The lowest BCUT2D eigenvalue weighted by molar-refractivity contribution is -0.139. The molecule has 10 heteroatoms. The minimum atomic E-state index is -0.740. The van der Waals surface area contributed by atoms with Crippen LogP contribution in [0.25, 0.3) is 22.2 Å². The van der Waals surface area contributed by atoms with Gasteiger partial charge in [-0.05, 0) is 64.7 Å². The molecule has 0 spiro atoms. The van der Waals surface area contributed by atoms with Crippen molar-refractivity contribution in [3.8, 4) is 22.6 Å². The van der Waals surface area contributed by atoms with E-state index in [2.05, 4.69) is 5.43 Å². The van der Waals surface area contributed by atoms with Gasteiger partial charge < -0.3 is 18.8 Å². The summed E-state index contributed by atoms with van der Waals surface area (Å²) in [6.07, 6.45) is 1.28. The van der Waals surface area contributed by atoms with Gasteiger partial charge in [-0.1, -0.05) is 0 Å². The molecular formula is C27H33FN4O5. The second-order valence-electron chi connectivity index (χ2n) is 10.2. The molecule has 37 heavy (non-hydrogen) atoms. The summed E-state index contributed by atoms with van der Waals surface area (Å²) in [5.41, 5.74) is 5.85. The van der Waals surface area contributed by atoms with Gasteiger partial charge in [-0.25, -0.2) is 10.8 Å². The third kappa shape index (κ3) is 4.61. The highest BCUT2D eigenvalue weighted by atomic mass is 19.1. The molecule has 0 bridgehead atoms. The fraction of sp³-hybridized carbons (Fsp3) is 0.444. The maximum absolute atomic E-state index is 16.2. The third-order valence-corrected chi connectivity index (χ3v) is 6.60. The number of nitrogens with one attached hydrogen (secondary N) is 1. The van der Waals surface area contributed by atoms with Crippen molar-refractivity contribution in [1.29, 1.82) is 0 Å². The fourth-order valence-corrected chi connectivity index (χ4v) is 4.91. The second kappa shape index (κ2) is 9.66. The number of fused-ring (bicyclic) bond motifs is 2. The van der Waals surface area contributed by atoms with Crippen LogP contribution in [0.3, 0.4) is 0 Å². The summed E-state index contributed by atoms with van der Waals surface area (Å²) < 4.78 is 34.8. The summed E-state index contributed by atoms with van der Waals surface area (Å²) >= 11 is 0. The van der Waals surface area contributed by atoms with E-state index in [1.165, 1.54) is 7.11 Å². The number of nitrogen functional groups attached to an aromatic ring is 1. The van der Waals surface area contributed by atoms with Gasteiger partial charge in [0, 0.05) is 34.8 Å². The number of methoxy groups -OCH3 is 1. The highest BCUT2D eigenvalue weighted by Gasteiger charge is 2.33. The Labute approximate surface area is 215 Å². The molecule has 0 saturated carbocycles. The number of hydrogen-bond acceptors (Lipinski definition) is 7. The van der Waals surface area contributed by atoms with E-state index in [4.69, 9.17) is 25.0 Å². The normalized spacial score (nSPS) is 13.2. The summed E-state index contributed by atoms with van der Waals surface area (Å²) in [6.45, 7) is 9.59. The first kappa shape index (κ1) is 26.4. The van der Waals surface area contributed by atoms with E-state index in [9.17, 15) is 9.59 Å². The van der Waals surface area contributed by atoms with Crippen LogP contribution >= 0.6 is 0 Å². The number of hydrogen-bond donors (Lipinski definition) is 2. The van der Waals surface area contributed by atoms with E-state index in [1.54, 1.807) is 24.6 Å². The molecule has 1 amide bonds. The molecule has 0 fully saturated rings. The quantitative estimate of drug-likeness (QED) is 0.231. The van der Waals surface area contributed by atoms with Gasteiger partial charge >= 0.3 is 5.97 Å². The van der Waals surface area contributed by atoms with Crippen LogP contribution in [0.2, 0.25) is 0 Å². The number of pyridine rings is 1. The summed E-state index contributed by atoms with van der Waals surface area (Å²) in [5.74, 6) is 4.07. The Morgan fingerprint density at radius 2 is 1.97 bits per heavy atom. The smallest absolute Gasteiger partial charge is 0.310 e. The standard InChI is InChI=1S/C27H33FN4O5/c1-13-15-9-8-10-36-23(15)22(28)24(37-27(3,4)5)20(13)21-16(12-19(33)35-7)14(2)30-25-17(21)11-18(32(25)6)26(34)31-29/h11H,8-10,12,29H2,1-7H3,(H,31,34). The lowest BCUT2D eigenvalue weighted by Gasteiger charge is -2.30. The van der Waals surface area contributed by atoms with Crippen molar-refractivity contribution in [2.24, 2.45) is 12.9 Å². The van der Waals surface area contributed by atoms with Crippen LogP contribution in [0.5, 0.6) is 11.5 Å². The first-order valence-electron chi connectivity index (χ1n) is 12.1. The van der Waals surface area contributed by atoms with Gasteiger partial charge in [0.15, 0.2) is 11.5 Å². The number of nitrogens with two attached hydrogens (primary N) is 1. The average molecular weight is 513 g/mol. The number of rotatable bonds is 5. The molecule has 9 nitrogen and oxygen atoms in total. The highest BCUT2D eigenvalue weighted by Crippen LogP contribution is 2.49. The van der Waals surface area contributed by atoms with Crippen molar-refractivity contribution in [3.63, 3.8) is 0 Å². The van der Waals surface area contributed by atoms with Gasteiger partial charge in [0.2, 0.25) is 5.82 Å². The molecular weight excluding hydrogens is 479 g/mol. The number of amides is 1. The van der Waals surface area contributed by atoms with Crippen molar-refractivity contribution in [1.82, 2.24) is 15.0 Å². The van der Waals surface area contributed by atoms with Crippen molar-refractivity contribution < 1.29 is 28.2 Å². The van der Waals surface area contributed by atoms with E-state index in [1.807, 2.05) is 27.7 Å². The number of nitrogens with zero attached hydrogens (tertiary/aromatic N) is 2.